The molecule has 0 bridgehead atoms. The van der Waals surface area contributed by atoms with E-state index in [1.54, 1.807) is 6.20 Å². The van der Waals surface area contributed by atoms with Crippen molar-refractivity contribution in [3.05, 3.63) is 75.5 Å². The smallest absolute Gasteiger partial charge is 0.263 e. The standard InChI is InChI=1S/C21H23N3O2S/c1-3-7-19-24-15(2)20(27-19)21(25)23-13-16-8-6-10-18(12-16)26-14-17-9-4-5-11-22-17/h4-6,8-12H,3,7,13-14H2,1-2H3,(H,23,25). The fourth-order valence-corrected chi connectivity index (χ4v) is 3.71. The van der Waals surface area contributed by atoms with Crippen molar-refractivity contribution in [3.63, 3.8) is 0 Å². The van der Waals surface area contributed by atoms with Gasteiger partial charge in [-0.05, 0) is 49.6 Å². The monoisotopic (exact) mass is 381 g/mol. The second-order valence-corrected chi connectivity index (χ2v) is 7.30. The molecule has 5 nitrogen and oxygen atoms in total. The summed E-state index contributed by atoms with van der Waals surface area (Å²) >= 11 is 1.48. The van der Waals surface area contributed by atoms with Gasteiger partial charge in [-0.1, -0.05) is 25.1 Å². The van der Waals surface area contributed by atoms with Crippen LogP contribution in [0.5, 0.6) is 5.75 Å². The van der Waals surface area contributed by atoms with Crippen molar-refractivity contribution in [2.24, 2.45) is 0 Å². The Morgan fingerprint density at radius 1 is 1.22 bits per heavy atom. The summed E-state index contributed by atoms with van der Waals surface area (Å²) in [6.45, 7) is 4.85. The van der Waals surface area contributed by atoms with Crippen molar-refractivity contribution in [1.82, 2.24) is 15.3 Å². The fourth-order valence-electron chi connectivity index (χ4n) is 2.63. The number of amides is 1. The molecule has 1 N–H and O–H groups in total. The van der Waals surface area contributed by atoms with Crippen LogP contribution in [-0.2, 0) is 19.6 Å². The third-order valence-corrected chi connectivity index (χ3v) is 5.19. The molecule has 0 spiro atoms. The van der Waals surface area contributed by atoms with Gasteiger partial charge in [-0.2, -0.15) is 0 Å². The van der Waals surface area contributed by atoms with E-state index in [4.69, 9.17) is 4.74 Å². The number of nitrogens with zero attached hydrogens (tertiary/aromatic N) is 2. The number of carbonyl (C=O) groups is 1. The highest BCUT2D eigenvalue weighted by Gasteiger charge is 2.14. The quantitative estimate of drug-likeness (QED) is 0.632. The average molecular weight is 382 g/mol. The second kappa shape index (κ2) is 9.28. The number of hydrogen-bond donors (Lipinski definition) is 1. The zero-order chi connectivity index (χ0) is 19.1. The molecular formula is C21H23N3O2S. The molecule has 2 aromatic heterocycles. The summed E-state index contributed by atoms with van der Waals surface area (Å²) in [5.41, 5.74) is 2.66. The maximum absolute atomic E-state index is 12.5. The van der Waals surface area contributed by atoms with Crippen molar-refractivity contribution in [2.75, 3.05) is 0 Å². The van der Waals surface area contributed by atoms with Crippen LogP contribution in [0, 0.1) is 6.92 Å². The van der Waals surface area contributed by atoms with E-state index in [0.29, 0.717) is 18.0 Å². The third kappa shape index (κ3) is 5.37. The molecule has 0 saturated carbocycles. The van der Waals surface area contributed by atoms with Crippen LogP contribution in [0.15, 0.2) is 48.7 Å². The van der Waals surface area contributed by atoms with Crippen LogP contribution in [0.25, 0.3) is 0 Å². The normalized spacial score (nSPS) is 10.6. The summed E-state index contributed by atoms with van der Waals surface area (Å²) < 4.78 is 5.79. The molecule has 0 fully saturated rings. The first-order chi connectivity index (χ1) is 13.2. The minimum Gasteiger partial charge on any atom is -0.487 e. The molecule has 27 heavy (non-hydrogen) atoms. The Morgan fingerprint density at radius 2 is 2.11 bits per heavy atom. The third-order valence-electron chi connectivity index (χ3n) is 3.98. The minimum atomic E-state index is -0.0767. The lowest BCUT2D eigenvalue weighted by molar-refractivity contribution is 0.0954. The van der Waals surface area contributed by atoms with Gasteiger partial charge in [0.25, 0.3) is 5.91 Å². The van der Waals surface area contributed by atoms with E-state index in [1.165, 1.54) is 11.3 Å². The van der Waals surface area contributed by atoms with E-state index in [-0.39, 0.29) is 5.91 Å². The molecule has 0 saturated heterocycles. The number of ether oxygens (including phenoxy) is 1. The Hall–Kier alpha value is -2.73. The lowest BCUT2D eigenvalue weighted by Crippen LogP contribution is -2.22. The van der Waals surface area contributed by atoms with Gasteiger partial charge < -0.3 is 10.1 Å². The summed E-state index contributed by atoms with van der Waals surface area (Å²) in [6.07, 6.45) is 3.69. The van der Waals surface area contributed by atoms with Gasteiger partial charge in [0.2, 0.25) is 0 Å². The summed E-state index contributed by atoms with van der Waals surface area (Å²) in [4.78, 5) is 21.9. The molecule has 140 valence electrons. The van der Waals surface area contributed by atoms with Crippen molar-refractivity contribution in [1.29, 1.82) is 0 Å². The maximum Gasteiger partial charge on any atom is 0.263 e. The Bertz CT molecular complexity index is 893. The molecule has 2 heterocycles. The zero-order valence-electron chi connectivity index (χ0n) is 15.6. The number of nitrogens with one attached hydrogen (secondary N) is 1. The summed E-state index contributed by atoms with van der Waals surface area (Å²) in [6, 6.07) is 13.5. The van der Waals surface area contributed by atoms with Crippen LogP contribution in [0.3, 0.4) is 0 Å². The van der Waals surface area contributed by atoms with Gasteiger partial charge >= 0.3 is 0 Å². The molecular weight excluding hydrogens is 358 g/mol. The van der Waals surface area contributed by atoms with Crippen LogP contribution in [0.4, 0.5) is 0 Å². The van der Waals surface area contributed by atoms with Crippen LogP contribution < -0.4 is 10.1 Å². The van der Waals surface area contributed by atoms with Gasteiger partial charge in [0.05, 0.1) is 16.4 Å². The lowest BCUT2D eigenvalue weighted by atomic mass is 10.2. The van der Waals surface area contributed by atoms with Gasteiger partial charge in [0.15, 0.2) is 0 Å². The Kier molecular flexibility index (Phi) is 6.54. The van der Waals surface area contributed by atoms with Crippen LogP contribution in [0.2, 0.25) is 0 Å². The Balaban J connectivity index is 1.57. The zero-order valence-corrected chi connectivity index (χ0v) is 16.4. The first-order valence-electron chi connectivity index (χ1n) is 9.02. The molecule has 3 aromatic rings. The van der Waals surface area contributed by atoms with Crippen LogP contribution in [-0.4, -0.2) is 15.9 Å². The van der Waals surface area contributed by atoms with Gasteiger partial charge in [0.1, 0.15) is 17.2 Å². The van der Waals surface area contributed by atoms with E-state index in [0.717, 1.165) is 40.6 Å². The van der Waals surface area contributed by atoms with Gasteiger partial charge in [0, 0.05) is 12.7 Å². The van der Waals surface area contributed by atoms with Crippen LogP contribution >= 0.6 is 11.3 Å². The highest BCUT2D eigenvalue weighted by molar-refractivity contribution is 7.13. The lowest BCUT2D eigenvalue weighted by Gasteiger charge is -2.09. The predicted octanol–water partition coefficient (Wildman–Crippen LogP) is 4.31. The number of rotatable bonds is 8. The van der Waals surface area contributed by atoms with Crippen molar-refractivity contribution in [2.45, 2.75) is 39.8 Å². The van der Waals surface area contributed by atoms with E-state index >= 15 is 0 Å². The Labute approximate surface area is 163 Å². The highest BCUT2D eigenvalue weighted by Crippen LogP contribution is 2.20. The summed E-state index contributed by atoms with van der Waals surface area (Å²) in [5, 5.41) is 3.99. The molecule has 6 heteroatoms. The molecule has 0 aliphatic rings. The number of carbonyl (C=O) groups excluding carboxylic acids is 1. The van der Waals surface area contributed by atoms with Crippen molar-refractivity contribution >= 4 is 17.2 Å². The van der Waals surface area contributed by atoms with Crippen molar-refractivity contribution < 1.29 is 9.53 Å². The molecule has 0 unspecified atom stereocenters. The molecule has 1 aromatic carbocycles. The molecule has 0 aliphatic heterocycles. The average Bonchev–Trinajstić information content (AvgIpc) is 3.06. The largest absolute Gasteiger partial charge is 0.487 e. The number of aryl methyl sites for hydroxylation is 2. The van der Waals surface area contributed by atoms with E-state index in [9.17, 15) is 4.79 Å². The molecule has 1 amide bonds. The summed E-state index contributed by atoms with van der Waals surface area (Å²) in [5.74, 6) is 0.679. The number of benzene rings is 1. The van der Waals surface area contributed by atoms with Crippen LogP contribution in [0.1, 0.15) is 45.0 Å². The fraction of sp³-hybridized carbons (Fsp3) is 0.286. The van der Waals surface area contributed by atoms with E-state index < -0.39 is 0 Å². The highest BCUT2D eigenvalue weighted by atomic mass is 32.1. The number of thiazole rings is 1. The molecule has 0 aliphatic carbocycles. The van der Waals surface area contributed by atoms with Gasteiger partial charge in [-0.3, -0.25) is 9.78 Å². The van der Waals surface area contributed by atoms with E-state index in [2.05, 4.69) is 22.2 Å². The SMILES string of the molecule is CCCc1nc(C)c(C(=O)NCc2cccc(OCc3ccccn3)c2)s1. The molecule has 0 radical (unpaired) electrons. The van der Waals surface area contributed by atoms with Crippen molar-refractivity contribution in [3.8, 4) is 5.75 Å². The van der Waals surface area contributed by atoms with Gasteiger partial charge in [-0.25, -0.2) is 4.98 Å². The van der Waals surface area contributed by atoms with Gasteiger partial charge in [-0.15, -0.1) is 11.3 Å². The summed E-state index contributed by atoms with van der Waals surface area (Å²) in [7, 11) is 0. The maximum atomic E-state index is 12.5. The predicted molar refractivity (Wildman–Crippen MR) is 107 cm³/mol. The minimum absolute atomic E-state index is 0.0767. The second-order valence-electron chi connectivity index (χ2n) is 6.21. The first kappa shape index (κ1) is 19.0. The molecule has 0 atom stereocenters. The Morgan fingerprint density at radius 3 is 2.89 bits per heavy atom. The number of aromatic nitrogens is 2. The number of hydrogen-bond acceptors (Lipinski definition) is 5. The number of pyridine rings is 1. The van der Waals surface area contributed by atoms with E-state index in [1.807, 2.05) is 49.4 Å². The first-order valence-corrected chi connectivity index (χ1v) is 9.83. The topological polar surface area (TPSA) is 64.1 Å². The molecule has 3 rings (SSSR count).